The number of nitrogen functional groups attached to an aromatic ring is 1. The van der Waals surface area contributed by atoms with E-state index in [-0.39, 0.29) is 0 Å². The summed E-state index contributed by atoms with van der Waals surface area (Å²) in [5.41, 5.74) is 10.3. The summed E-state index contributed by atoms with van der Waals surface area (Å²) in [5.74, 6) is 0.607. The number of aryl methyl sites for hydroxylation is 1. The SMILES string of the molecule is Cc1ccc(Cc2cnn3c(N)ccnc23)cc1. The first kappa shape index (κ1) is 10.8. The van der Waals surface area contributed by atoms with Gasteiger partial charge < -0.3 is 5.73 Å². The largest absolute Gasteiger partial charge is 0.384 e. The lowest BCUT2D eigenvalue weighted by Crippen LogP contribution is -1.99. The van der Waals surface area contributed by atoms with Gasteiger partial charge in [0.05, 0.1) is 6.20 Å². The summed E-state index contributed by atoms with van der Waals surface area (Å²) in [7, 11) is 0. The Balaban J connectivity index is 2.00. The number of nitrogens with two attached hydrogens (primary N) is 1. The lowest BCUT2D eigenvalue weighted by Gasteiger charge is -2.01. The average molecular weight is 238 g/mol. The van der Waals surface area contributed by atoms with Crippen LogP contribution in [-0.4, -0.2) is 14.6 Å². The molecule has 0 atom stereocenters. The summed E-state index contributed by atoms with van der Waals surface area (Å²) in [6, 6.07) is 10.2. The minimum absolute atomic E-state index is 0.607. The van der Waals surface area contributed by atoms with Crippen LogP contribution in [0.1, 0.15) is 16.7 Å². The predicted octanol–water partition coefficient (Wildman–Crippen LogP) is 2.21. The monoisotopic (exact) mass is 238 g/mol. The third kappa shape index (κ3) is 1.82. The second kappa shape index (κ2) is 4.14. The lowest BCUT2D eigenvalue weighted by atomic mass is 10.1. The molecule has 0 spiro atoms. The van der Waals surface area contributed by atoms with Crippen LogP contribution in [0.15, 0.2) is 42.7 Å². The molecular formula is C14H14N4. The fourth-order valence-corrected chi connectivity index (χ4v) is 2.01. The standard InChI is InChI=1S/C14H14N4/c1-10-2-4-11(5-3-10)8-12-9-17-18-13(15)6-7-16-14(12)18/h2-7,9H,8,15H2,1H3. The molecule has 0 aliphatic carbocycles. The van der Waals surface area contributed by atoms with Crippen LogP contribution < -0.4 is 5.73 Å². The molecule has 0 bridgehead atoms. The Morgan fingerprint density at radius 1 is 1.17 bits per heavy atom. The van der Waals surface area contributed by atoms with E-state index < -0.39 is 0 Å². The maximum absolute atomic E-state index is 5.84. The normalized spacial score (nSPS) is 10.9. The molecule has 4 heteroatoms. The summed E-state index contributed by atoms with van der Waals surface area (Å²) in [6.45, 7) is 2.08. The summed E-state index contributed by atoms with van der Waals surface area (Å²) < 4.78 is 1.67. The minimum Gasteiger partial charge on any atom is -0.384 e. The quantitative estimate of drug-likeness (QED) is 0.744. The van der Waals surface area contributed by atoms with Crippen molar-refractivity contribution in [1.82, 2.24) is 14.6 Å². The molecule has 0 saturated heterocycles. The second-order valence-electron chi connectivity index (χ2n) is 4.44. The molecule has 1 aromatic carbocycles. The summed E-state index contributed by atoms with van der Waals surface area (Å²) in [5, 5.41) is 4.26. The van der Waals surface area contributed by atoms with Crippen molar-refractivity contribution in [3.8, 4) is 0 Å². The molecule has 2 N–H and O–H groups in total. The highest BCUT2D eigenvalue weighted by Crippen LogP contribution is 2.16. The first-order chi connectivity index (χ1) is 8.74. The maximum atomic E-state index is 5.84. The van der Waals surface area contributed by atoms with E-state index in [4.69, 9.17) is 5.73 Å². The second-order valence-corrected chi connectivity index (χ2v) is 4.44. The van der Waals surface area contributed by atoms with Gasteiger partial charge in [-0.15, -0.1) is 0 Å². The molecule has 18 heavy (non-hydrogen) atoms. The number of rotatable bonds is 2. The molecule has 90 valence electrons. The summed E-state index contributed by atoms with van der Waals surface area (Å²) >= 11 is 0. The molecule has 0 aliphatic rings. The van der Waals surface area contributed by atoms with Gasteiger partial charge in [-0.3, -0.25) is 0 Å². The van der Waals surface area contributed by atoms with Crippen molar-refractivity contribution in [3.63, 3.8) is 0 Å². The van der Waals surface area contributed by atoms with Crippen molar-refractivity contribution >= 4 is 11.5 Å². The molecule has 0 fully saturated rings. The number of fused-ring (bicyclic) bond motifs is 1. The van der Waals surface area contributed by atoms with Gasteiger partial charge in [-0.1, -0.05) is 29.8 Å². The number of hydrogen-bond donors (Lipinski definition) is 1. The number of benzene rings is 1. The van der Waals surface area contributed by atoms with Gasteiger partial charge in [-0.05, 0) is 18.6 Å². The van der Waals surface area contributed by atoms with E-state index in [0.29, 0.717) is 5.82 Å². The van der Waals surface area contributed by atoms with E-state index >= 15 is 0 Å². The molecule has 2 heterocycles. The van der Waals surface area contributed by atoms with Gasteiger partial charge >= 0.3 is 0 Å². The van der Waals surface area contributed by atoms with E-state index in [1.165, 1.54) is 11.1 Å². The molecule has 0 amide bonds. The van der Waals surface area contributed by atoms with Crippen molar-refractivity contribution in [3.05, 3.63) is 59.4 Å². The van der Waals surface area contributed by atoms with E-state index in [9.17, 15) is 0 Å². The molecule has 0 radical (unpaired) electrons. The molecule has 3 aromatic rings. The molecular weight excluding hydrogens is 224 g/mol. The third-order valence-electron chi connectivity index (χ3n) is 3.02. The maximum Gasteiger partial charge on any atom is 0.160 e. The first-order valence-electron chi connectivity index (χ1n) is 5.87. The fourth-order valence-electron chi connectivity index (χ4n) is 2.01. The molecule has 0 unspecified atom stereocenters. The number of aromatic nitrogens is 3. The highest BCUT2D eigenvalue weighted by Gasteiger charge is 2.07. The number of anilines is 1. The molecule has 4 nitrogen and oxygen atoms in total. The predicted molar refractivity (Wildman–Crippen MR) is 71.4 cm³/mol. The number of nitrogens with zero attached hydrogens (tertiary/aromatic N) is 3. The van der Waals surface area contributed by atoms with Gasteiger partial charge in [-0.2, -0.15) is 9.61 Å². The molecule has 0 aliphatic heterocycles. The third-order valence-corrected chi connectivity index (χ3v) is 3.02. The number of hydrogen-bond acceptors (Lipinski definition) is 3. The Morgan fingerprint density at radius 3 is 2.72 bits per heavy atom. The van der Waals surface area contributed by atoms with E-state index in [2.05, 4.69) is 41.3 Å². The Labute approximate surface area is 105 Å². The summed E-state index contributed by atoms with van der Waals surface area (Å²) in [4.78, 5) is 4.34. The fraction of sp³-hybridized carbons (Fsp3) is 0.143. The van der Waals surface area contributed by atoms with Crippen LogP contribution in [0.4, 0.5) is 5.82 Å². The minimum atomic E-state index is 0.607. The van der Waals surface area contributed by atoms with Gasteiger partial charge in [0.15, 0.2) is 5.65 Å². The van der Waals surface area contributed by atoms with Crippen LogP contribution in [0.5, 0.6) is 0 Å². The van der Waals surface area contributed by atoms with Crippen LogP contribution in [0.25, 0.3) is 5.65 Å². The van der Waals surface area contributed by atoms with Crippen LogP contribution in [0.2, 0.25) is 0 Å². The van der Waals surface area contributed by atoms with Gasteiger partial charge in [0.2, 0.25) is 0 Å². The van der Waals surface area contributed by atoms with E-state index in [1.807, 2.05) is 6.20 Å². The molecule has 2 aromatic heterocycles. The Kier molecular flexibility index (Phi) is 2.48. The van der Waals surface area contributed by atoms with Crippen molar-refractivity contribution in [1.29, 1.82) is 0 Å². The van der Waals surface area contributed by atoms with E-state index in [1.54, 1.807) is 16.8 Å². The van der Waals surface area contributed by atoms with Crippen molar-refractivity contribution in [2.75, 3.05) is 5.73 Å². The van der Waals surface area contributed by atoms with Gasteiger partial charge in [0, 0.05) is 18.2 Å². The van der Waals surface area contributed by atoms with Crippen LogP contribution >= 0.6 is 0 Å². The average Bonchev–Trinajstić information content (AvgIpc) is 2.77. The van der Waals surface area contributed by atoms with Crippen molar-refractivity contribution in [2.24, 2.45) is 0 Å². The van der Waals surface area contributed by atoms with Crippen molar-refractivity contribution < 1.29 is 0 Å². The van der Waals surface area contributed by atoms with Crippen molar-refractivity contribution in [2.45, 2.75) is 13.3 Å². The zero-order chi connectivity index (χ0) is 12.5. The van der Waals surface area contributed by atoms with E-state index in [0.717, 1.165) is 17.6 Å². The zero-order valence-electron chi connectivity index (χ0n) is 10.2. The molecule has 0 saturated carbocycles. The van der Waals surface area contributed by atoms with Gasteiger partial charge in [0.1, 0.15) is 5.82 Å². The summed E-state index contributed by atoms with van der Waals surface area (Å²) in [6.07, 6.45) is 4.36. The van der Waals surface area contributed by atoms with Crippen LogP contribution in [-0.2, 0) is 6.42 Å². The lowest BCUT2D eigenvalue weighted by molar-refractivity contribution is 0.952. The van der Waals surface area contributed by atoms with Crippen LogP contribution in [0.3, 0.4) is 0 Å². The Hall–Kier alpha value is -2.36. The molecule has 3 rings (SSSR count). The Bertz CT molecular complexity index is 683. The Morgan fingerprint density at radius 2 is 1.94 bits per heavy atom. The smallest absolute Gasteiger partial charge is 0.160 e. The topological polar surface area (TPSA) is 56.2 Å². The first-order valence-corrected chi connectivity index (χ1v) is 5.87. The highest BCUT2D eigenvalue weighted by atomic mass is 15.3. The van der Waals surface area contributed by atoms with Crippen LogP contribution in [0, 0.1) is 6.92 Å². The zero-order valence-corrected chi connectivity index (χ0v) is 10.2. The van der Waals surface area contributed by atoms with Gasteiger partial charge in [-0.25, -0.2) is 4.98 Å². The highest BCUT2D eigenvalue weighted by molar-refractivity contribution is 5.52. The van der Waals surface area contributed by atoms with Gasteiger partial charge in [0.25, 0.3) is 0 Å².